The van der Waals surface area contributed by atoms with Crippen molar-refractivity contribution in [3.8, 4) is 0 Å². The fraction of sp³-hybridized carbons (Fsp3) is 0.174. The molecule has 1 unspecified atom stereocenters. The maximum Gasteiger partial charge on any atom is 0.270 e. The van der Waals surface area contributed by atoms with Crippen molar-refractivity contribution in [3.05, 3.63) is 94.8 Å². The minimum atomic E-state index is -0.376. The van der Waals surface area contributed by atoms with Crippen LogP contribution in [-0.4, -0.2) is 36.4 Å². The lowest BCUT2D eigenvalue weighted by Crippen LogP contribution is -2.41. The molecule has 3 rings (SSSR count). The van der Waals surface area contributed by atoms with Gasteiger partial charge in [0.15, 0.2) is 5.78 Å². The summed E-state index contributed by atoms with van der Waals surface area (Å²) in [6, 6.07) is 16.6. The van der Waals surface area contributed by atoms with E-state index < -0.39 is 0 Å². The molecule has 2 aromatic rings. The molecule has 1 atom stereocenters. The van der Waals surface area contributed by atoms with E-state index in [-0.39, 0.29) is 23.3 Å². The first kappa shape index (κ1) is 20.1. The summed E-state index contributed by atoms with van der Waals surface area (Å²) in [6.45, 7) is 0.819. The summed E-state index contributed by atoms with van der Waals surface area (Å²) in [6.07, 6.45) is 4.41. The van der Waals surface area contributed by atoms with Crippen molar-refractivity contribution in [2.75, 3.05) is 13.6 Å². The lowest BCUT2D eigenvalue weighted by molar-refractivity contribution is -0.128. The number of ketones is 1. The van der Waals surface area contributed by atoms with E-state index in [0.717, 1.165) is 16.7 Å². The Labute approximate surface area is 170 Å². The van der Waals surface area contributed by atoms with Crippen LogP contribution in [0, 0.1) is 0 Å². The van der Waals surface area contributed by atoms with Crippen molar-refractivity contribution in [1.82, 2.24) is 4.90 Å². The largest absolute Gasteiger partial charge is 0.404 e. The van der Waals surface area contributed by atoms with Gasteiger partial charge >= 0.3 is 0 Å². The van der Waals surface area contributed by atoms with Crippen molar-refractivity contribution in [1.29, 1.82) is 0 Å². The topological polar surface area (TPSA) is 102 Å². The van der Waals surface area contributed by atoms with Gasteiger partial charge in [-0.25, -0.2) is 0 Å². The number of benzene rings is 2. The normalized spacial score (nSPS) is 17.3. The van der Waals surface area contributed by atoms with Crippen LogP contribution in [0.15, 0.2) is 83.1 Å². The Morgan fingerprint density at radius 2 is 1.79 bits per heavy atom. The highest BCUT2D eigenvalue weighted by molar-refractivity contribution is 6.09. The maximum absolute atomic E-state index is 13.0. The molecule has 0 spiro atoms. The van der Waals surface area contributed by atoms with Crippen LogP contribution in [0.2, 0.25) is 0 Å². The molecule has 1 aliphatic heterocycles. The number of rotatable bonds is 5. The number of amides is 1. The molecule has 4 N–H and O–H groups in total. The molecule has 0 fully saturated rings. The fourth-order valence-corrected chi connectivity index (χ4v) is 3.52. The minimum absolute atomic E-state index is 0.0839. The zero-order valence-corrected chi connectivity index (χ0v) is 16.3. The van der Waals surface area contributed by atoms with Crippen LogP contribution in [0.4, 0.5) is 0 Å². The SMILES string of the molecule is CN=CC(=CN)C1CN(C(=O)C(N)=CC(=O)c2ccccc2)Cc2ccccc21. The van der Waals surface area contributed by atoms with E-state index in [1.54, 1.807) is 42.4 Å². The highest BCUT2D eigenvalue weighted by Crippen LogP contribution is 2.33. The van der Waals surface area contributed by atoms with Crippen molar-refractivity contribution in [2.24, 2.45) is 16.5 Å². The zero-order chi connectivity index (χ0) is 20.8. The monoisotopic (exact) mass is 388 g/mol. The predicted molar refractivity (Wildman–Crippen MR) is 114 cm³/mol. The third kappa shape index (κ3) is 4.43. The van der Waals surface area contributed by atoms with Gasteiger partial charge in [0.1, 0.15) is 5.70 Å². The Hall–Kier alpha value is -3.67. The number of carbonyl (C=O) groups is 2. The maximum atomic E-state index is 13.0. The summed E-state index contributed by atoms with van der Waals surface area (Å²) in [7, 11) is 1.68. The molecule has 0 saturated heterocycles. The molecule has 148 valence electrons. The van der Waals surface area contributed by atoms with E-state index in [2.05, 4.69) is 4.99 Å². The Balaban J connectivity index is 1.88. The Bertz CT molecular complexity index is 993. The van der Waals surface area contributed by atoms with Gasteiger partial charge in [-0.1, -0.05) is 54.6 Å². The van der Waals surface area contributed by atoms with Crippen LogP contribution in [0.3, 0.4) is 0 Å². The molecule has 29 heavy (non-hydrogen) atoms. The quantitative estimate of drug-likeness (QED) is 0.466. The molecule has 1 aliphatic rings. The average Bonchev–Trinajstić information content (AvgIpc) is 2.76. The van der Waals surface area contributed by atoms with Gasteiger partial charge in [0.05, 0.1) is 0 Å². The van der Waals surface area contributed by atoms with Crippen molar-refractivity contribution in [3.63, 3.8) is 0 Å². The van der Waals surface area contributed by atoms with Crippen LogP contribution in [0.1, 0.15) is 27.4 Å². The van der Waals surface area contributed by atoms with Gasteiger partial charge in [0.2, 0.25) is 0 Å². The standard InChI is InChI=1S/C23H24N4O2/c1-26-13-18(12-24)20-15-27(14-17-9-5-6-10-19(17)20)23(29)21(25)11-22(28)16-7-3-2-4-8-16/h2-13,20H,14-15,24-25H2,1H3. The van der Waals surface area contributed by atoms with Crippen LogP contribution in [-0.2, 0) is 11.3 Å². The third-order valence-electron chi connectivity index (χ3n) is 4.95. The number of fused-ring (bicyclic) bond motifs is 1. The predicted octanol–water partition coefficient (Wildman–Crippen LogP) is 2.38. The van der Waals surface area contributed by atoms with Crippen LogP contribution in [0.5, 0.6) is 0 Å². The Kier molecular flexibility index (Phi) is 6.24. The highest BCUT2D eigenvalue weighted by atomic mass is 16.2. The number of aliphatic imine (C=N–C) groups is 1. The molecule has 0 radical (unpaired) electrons. The van der Waals surface area contributed by atoms with Gasteiger partial charge in [-0.2, -0.15) is 0 Å². The fourth-order valence-electron chi connectivity index (χ4n) is 3.52. The highest BCUT2D eigenvalue weighted by Gasteiger charge is 2.30. The second kappa shape index (κ2) is 9.01. The van der Waals surface area contributed by atoms with E-state index in [1.807, 2.05) is 30.3 Å². The van der Waals surface area contributed by atoms with Gasteiger partial charge in [-0.15, -0.1) is 0 Å². The second-order valence-electron chi connectivity index (χ2n) is 6.82. The van der Waals surface area contributed by atoms with E-state index in [9.17, 15) is 9.59 Å². The third-order valence-corrected chi connectivity index (χ3v) is 4.95. The van der Waals surface area contributed by atoms with Gasteiger partial charge < -0.3 is 16.4 Å². The van der Waals surface area contributed by atoms with Gasteiger partial charge in [0.25, 0.3) is 5.91 Å². The molecule has 0 bridgehead atoms. The summed E-state index contributed by atoms with van der Waals surface area (Å²) >= 11 is 0. The number of nitrogens with two attached hydrogens (primary N) is 2. The van der Waals surface area contributed by atoms with Gasteiger partial charge in [0, 0.05) is 43.9 Å². The summed E-state index contributed by atoms with van der Waals surface area (Å²) < 4.78 is 0. The molecule has 1 amide bonds. The first-order valence-corrected chi connectivity index (χ1v) is 9.32. The Morgan fingerprint density at radius 3 is 2.48 bits per heavy atom. The number of allylic oxidation sites excluding steroid dienone is 1. The first-order chi connectivity index (χ1) is 14.0. The van der Waals surface area contributed by atoms with E-state index in [1.165, 1.54) is 12.3 Å². The summed E-state index contributed by atoms with van der Waals surface area (Å²) in [5.74, 6) is -0.792. The average molecular weight is 388 g/mol. The molecule has 0 aliphatic carbocycles. The van der Waals surface area contributed by atoms with Gasteiger partial charge in [-0.3, -0.25) is 14.6 Å². The molecule has 1 heterocycles. The van der Waals surface area contributed by atoms with E-state index in [0.29, 0.717) is 18.7 Å². The minimum Gasteiger partial charge on any atom is -0.404 e. The van der Waals surface area contributed by atoms with Crippen molar-refractivity contribution >= 4 is 17.9 Å². The summed E-state index contributed by atoms with van der Waals surface area (Å²) in [5.41, 5.74) is 15.2. The molecular weight excluding hydrogens is 364 g/mol. The number of hydrogen-bond acceptors (Lipinski definition) is 5. The first-order valence-electron chi connectivity index (χ1n) is 9.32. The van der Waals surface area contributed by atoms with Crippen LogP contribution in [0.25, 0.3) is 0 Å². The number of nitrogens with zero attached hydrogens (tertiary/aromatic N) is 2. The molecule has 0 aromatic heterocycles. The number of carbonyl (C=O) groups excluding carboxylic acids is 2. The smallest absolute Gasteiger partial charge is 0.270 e. The van der Waals surface area contributed by atoms with Crippen LogP contribution < -0.4 is 11.5 Å². The summed E-state index contributed by atoms with van der Waals surface area (Å²) in [5, 5.41) is 0. The zero-order valence-electron chi connectivity index (χ0n) is 16.3. The van der Waals surface area contributed by atoms with E-state index in [4.69, 9.17) is 11.5 Å². The lowest BCUT2D eigenvalue weighted by atomic mass is 9.85. The number of hydrogen-bond donors (Lipinski definition) is 2. The summed E-state index contributed by atoms with van der Waals surface area (Å²) in [4.78, 5) is 31.1. The van der Waals surface area contributed by atoms with Crippen molar-refractivity contribution in [2.45, 2.75) is 12.5 Å². The second-order valence-corrected chi connectivity index (χ2v) is 6.82. The molecule has 0 saturated carbocycles. The van der Waals surface area contributed by atoms with Crippen molar-refractivity contribution < 1.29 is 9.59 Å². The molecule has 6 nitrogen and oxygen atoms in total. The molecule has 2 aromatic carbocycles. The Morgan fingerprint density at radius 1 is 1.10 bits per heavy atom. The van der Waals surface area contributed by atoms with E-state index >= 15 is 0 Å². The lowest BCUT2D eigenvalue weighted by Gasteiger charge is -2.35. The van der Waals surface area contributed by atoms with Gasteiger partial charge in [-0.05, 0) is 22.9 Å². The molecule has 6 heteroatoms. The molecular formula is C23H24N4O2. The van der Waals surface area contributed by atoms with Crippen LogP contribution >= 0.6 is 0 Å².